The summed E-state index contributed by atoms with van der Waals surface area (Å²) in [5, 5.41) is 0. The van der Waals surface area contributed by atoms with Crippen molar-refractivity contribution in [2.45, 2.75) is 71.3 Å². The third kappa shape index (κ3) is 4.72. The van der Waals surface area contributed by atoms with Crippen LogP contribution in [0.2, 0.25) is 0 Å². The number of Topliss-reactive ketones (excluding diaryl/α,β-unsaturated/α-hetero) is 1. The third-order valence-electron chi connectivity index (χ3n) is 4.22. The van der Waals surface area contributed by atoms with Crippen LogP contribution in [0.1, 0.15) is 65.2 Å². The maximum absolute atomic E-state index is 12.2. The van der Waals surface area contributed by atoms with Crippen molar-refractivity contribution in [2.75, 3.05) is 6.61 Å². The second-order valence-corrected chi connectivity index (χ2v) is 6.72. The minimum absolute atomic E-state index is 0.101. The van der Waals surface area contributed by atoms with E-state index in [1.165, 1.54) is 38.5 Å². The zero-order valence-electron chi connectivity index (χ0n) is 12.0. The van der Waals surface area contributed by atoms with Gasteiger partial charge in [-0.15, -0.1) is 0 Å². The summed E-state index contributed by atoms with van der Waals surface area (Å²) in [6, 6.07) is 0. The Hall–Kier alpha value is -0.370. The van der Waals surface area contributed by atoms with E-state index in [4.69, 9.17) is 4.74 Å². The molecular weight excluding hydrogens is 224 g/mol. The molecule has 0 bridgehead atoms. The normalized spacial score (nSPS) is 22.6. The van der Waals surface area contributed by atoms with Gasteiger partial charge in [0, 0.05) is 6.42 Å². The van der Waals surface area contributed by atoms with Gasteiger partial charge in [-0.2, -0.15) is 0 Å². The molecule has 0 aromatic rings. The van der Waals surface area contributed by atoms with Crippen LogP contribution in [-0.4, -0.2) is 18.5 Å². The molecule has 0 spiro atoms. The van der Waals surface area contributed by atoms with E-state index >= 15 is 0 Å². The molecule has 0 heterocycles. The number of hydrogen-bond donors (Lipinski definition) is 0. The van der Waals surface area contributed by atoms with E-state index in [0.29, 0.717) is 18.1 Å². The molecule has 0 aromatic heterocycles. The van der Waals surface area contributed by atoms with Gasteiger partial charge in [0.15, 0.2) is 5.78 Å². The number of ether oxygens (including phenoxy) is 1. The molecule has 18 heavy (non-hydrogen) atoms. The summed E-state index contributed by atoms with van der Waals surface area (Å²) in [6.45, 7) is 5.05. The zero-order valence-corrected chi connectivity index (χ0v) is 12.0. The Morgan fingerprint density at radius 3 is 2.33 bits per heavy atom. The van der Waals surface area contributed by atoms with E-state index in [9.17, 15) is 4.79 Å². The molecule has 2 nitrogen and oxygen atoms in total. The predicted octanol–water partition coefficient (Wildman–Crippen LogP) is 3.98. The fraction of sp³-hybridized carbons (Fsp3) is 0.938. The molecule has 0 radical (unpaired) electrons. The van der Waals surface area contributed by atoms with E-state index < -0.39 is 0 Å². The second kappa shape index (κ2) is 6.70. The summed E-state index contributed by atoms with van der Waals surface area (Å²) in [4.78, 5) is 12.2. The fourth-order valence-electron chi connectivity index (χ4n) is 2.91. The molecule has 0 aliphatic heterocycles. The van der Waals surface area contributed by atoms with Gasteiger partial charge < -0.3 is 4.74 Å². The summed E-state index contributed by atoms with van der Waals surface area (Å²) in [5.41, 5.74) is 0. The molecule has 2 rings (SSSR count). The van der Waals surface area contributed by atoms with Gasteiger partial charge in [0.05, 0.1) is 6.61 Å². The van der Waals surface area contributed by atoms with Crippen LogP contribution in [0.15, 0.2) is 0 Å². The van der Waals surface area contributed by atoms with E-state index in [2.05, 4.69) is 13.8 Å². The molecule has 2 fully saturated rings. The maximum atomic E-state index is 12.2. The maximum Gasteiger partial charge on any atom is 0.161 e. The lowest BCUT2D eigenvalue weighted by Crippen LogP contribution is -2.28. The molecule has 0 saturated heterocycles. The zero-order chi connectivity index (χ0) is 13.0. The van der Waals surface area contributed by atoms with Crippen molar-refractivity contribution >= 4 is 5.78 Å². The quantitative estimate of drug-likeness (QED) is 0.653. The molecule has 2 saturated carbocycles. The predicted molar refractivity (Wildman–Crippen MR) is 73.5 cm³/mol. The first-order valence-electron chi connectivity index (χ1n) is 7.79. The van der Waals surface area contributed by atoms with Crippen molar-refractivity contribution in [1.82, 2.24) is 0 Å². The van der Waals surface area contributed by atoms with Gasteiger partial charge in [-0.05, 0) is 37.0 Å². The Bertz CT molecular complexity index is 262. The molecule has 2 aliphatic rings. The average molecular weight is 252 g/mol. The third-order valence-corrected chi connectivity index (χ3v) is 4.22. The van der Waals surface area contributed by atoms with Crippen molar-refractivity contribution in [3.05, 3.63) is 0 Å². The number of ketones is 1. The van der Waals surface area contributed by atoms with Crippen molar-refractivity contribution in [2.24, 2.45) is 17.8 Å². The van der Waals surface area contributed by atoms with E-state index in [-0.39, 0.29) is 6.10 Å². The van der Waals surface area contributed by atoms with Crippen LogP contribution in [0.4, 0.5) is 0 Å². The molecule has 0 aromatic carbocycles. The molecule has 2 aliphatic carbocycles. The molecule has 1 unspecified atom stereocenters. The van der Waals surface area contributed by atoms with Crippen LogP contribution in [-0.2, 0) is 9.53 Å². The first-order chi connectivity index (χ1) is 8.65. The Kier molecular flexibility index (Phi) is 5.23. The van der Waals surface area contributed by atoms with Crippen LogP contribution in [0.5, 0.6) is 0 Å². The van der Waals surface area contributed by atoms with Gasteiger partial charge in [-0.3, -0.25) is 4.79 Å². The smallest absolute Gasteiger partial charge is 0.161 e. The van der Waals surface area contributed by atoms with Gasteiger partial charge in [0.1, 0.15) is 6.10 Å². The van der Waals surface area contributed by atoms with Crippen molar-refractivity contribution in [3.8, 4) is 0 Å². The lowest BCUT2D eigenvalue weighted by atomic mass is 9.94. The Morgan fingerprint density at radius 2 is 1.78 bits per heavy atom. The first kappa shape index (κ1) is 14.0. The summed E-state index contributed by atoms with van der Waals surface area (Å²) >= 11 is 0. The van der Waals surface area contributed by atoms with E-state index in [1.54, 1.807) is 0 Å². The first-order valence-corrected chi connectivity index (χ1v) is 7.79. The van der Waals surface area contributed by atoms with Crippen LogP contribution in [0, 0.1) is 17.8 Å². The standard InChI is InChI=1S/C16H28O2/c1-12(2)9-15(17)16(18-11-14-7-8-14)10-13-5-3-4-6-13/h12-14,16H,3-11H2,1-2H3. The van der Waals surface area contributed by atoms with Crippen molar-refractivity contribution in [1.29, 1.82) is 0 Å². The molecule has 1 atom stereocenters. The number of carbonyl (C=O) groups excluding carboxylic acids is 1. The van der Waals surface area contributed by atoms with Gasteiger partial charge in [0.2, 0.25) is 0 Å². The van der Waals surface area contributed by atoms with E-state index in [0.717, 1.165) is 24.9 Å². The lowest BCUT2D eigenvalue weighted by Gasteiger charge is -2.21. The summed E-state index contributed by atoms with van der Waals surface area (Å²) in [7, 11) is 0. The minimum atomic E-state index is -0.101. The van der Waals surface area contributed by atoms with Crippen LogP contribution in [0.3, 0.4) is 0 Å². The van der Waals surface area contributed by atoms with Gasteiger partial charge in [-0.25, -0.2) is 0 Å². The molecule has 0 amide bonds. The Morgan fingerprint density at radius 1 is 1.11 bits per heavy atom. The average Bonchev–Trinajstić information content (AvgIpc) is 2.99. The topological polar surface area (TPSA) is 26.3 Å². The highest BCUT2D eigenvalue weighted by Crippen LogP contribution is 2.32. The Balaban J connectivity index is 1.80. The lowest BCUT2D eigenvalue weighted by molar-refractivity contribution is -0.132. The van der Waals surface area contributed by atoms with Crippen LogP contribution < -0.4 is 0 Å². The summed E-state index contributed by atoms with van der Waals surface area (Å²) < 4.78 is 5.94. The SMILES string of the molecule is CC(C)CC(=O)C(CC1CCCC1)OCC1CC1. The monoisotopic (exact) mass is 252 g/mol. The van der Waals surface area contributed by atoms with Gasteiger partial charge >= 0.3 is 0 Å². The minimum Gasteiger partial charge on any atom is -0.370 e. The number of rotatable bonds is 8. The molecule has 104 valence electrons. The highest BCUT2D eigenvalue weighted by Gasteiger charge is 2.29. The van der Waals surface area contributed by atoms with Gasteiger partial charge in [0.25, 0.3) is 0 Å². The highest BCUT2D eigenvalue weighted by molar-refractivity contribution is 5.83. The highest BCUT2D eigenvalue weighted by atomic mass is 16.5. The van der Waals surface area contributed by atoms with Crippen molar-refractivity contribution in [3.63, 3.8) is 0 Å². The van der Waals surface area contributed by atoms with Crippen LogP contribution in [0.25, 0.3) is 0 Å². The number of carbonyl (C=O) groups is 1. The van der Waals surface area contributed by atoms with Gasteiger partial charge in [-0.1, -0.05) is 39.5 Å². The largest absolute Gasteiger partial charge is 0.370 e. The summed E-state index contributed by atoms with van der Waals surface area (Å²) in [6.07, 6.45) is 9.47. The summed E-state index contributed by atoms with van der Waals surface area (Å²) in [5.74, 6) is 2.29. The van der Waals surface area contributed by atoms with E-state index in [1.807, 2.05) is 0 Å². The molecular formula is C16H28O2. The van der Waals surface area contributed by atoms with Crippen LogP contribution >= 0.6 is 0 Å². The molecule has 2 heteroatoms. The van der Waals surface area contributed by atoms with Crippen molar-refractivity contribution < 1.29 is 9.53 Å². The number of hydrogen-bond acceptors (Lipinski definition) is 2. The Labute approximate surface area is 111 Å². The molecule has 0 N–H and O–H groups in total. The second-order valence-electron chi connectivity index (χ2n) is 6.72. The fourth-order valence-corrected chi connectivity index (χ4v) is 2.91.